The molecule has 2 fully saturated rings. The third-order valence-corrected chi connectivity index (χ3v) is 4.89. The van der Waals surface area contributed by atoms with E-state index >= 15 is 0 Å². The Bertz CT molecular complexity index is 228. The second-order valence-electron chi connectivity index (χ2n) is 6.76. The maximum atomic E-state index is 3.43. The number of hydrogen-bond donors (Lipinski definition) is 1. The molecule has 0 bridgehead atoms. The van der Waals surface area contributed by atoms with E-state index < -0.39 is 0 Å². The lowest BCUT2D eigenvalue weighted by molar-refractivity contribution is 0.116. The fourth-order valence-electron chi connectivity index (χ4n) is 3.76. The fraction of sp³-hybridized carbons (Fsp3) is 1.00. The SMILES string of the molecule is CNCC1(CN(C)CC2CC2C)CCCCC1. The van der Waals surface area contributed by atoms with E-state index in [2.05, 4.69) is 31.2 Å². The molecule has 2 atom stereocenters. The highest BCUT2D eigenvalue weighted by atomic mass is 15.1. The lowest BCUT2D eigenvalue weighted by atomic mass is 9.73. The Morgan fingerprint density at radius 2 is 1.88 bits per heavy atom. The molecule has 2 nitrogen and oxygen atoms in total. The summed E-state index contributed by atoms with van der Waals surface area (Å²) >= 11 is 0. The zero-order chi connectivity index (χ0) is 12.3. The summed E-state index contributed by atoms with van der Waals surface area (Å²) < 4.78 is 0. The summed E-state index contributed by atoms with van der Waals surface area (Å²) in [6.07, 6.45) is 8.65. The molecule has 2 rings (SSSR count). The highest BCUT2D eigenvalue weighted by Gasteiger charge is 2.36. The third kappa shape index (κ3) is 3.69. The first kappa shape index (κ1) is 13.4. The van der Waals surface area contributed by atoms with Crippen LogP contribution in [0.3, 0.4) is 0 Å². The first-order chi connectivity index (χ1) is 8.15. The van der Waals surface area contributed by atoms with Crippen molar-refractivity contribution in [3.63, 3.8) is 0 Å². The Morgan fingerprint density at radius 3 is 2.41 bits per heavy atom. The van der Waals surface area contributed by atoms with Crippen molar-refractivity contribution in [2.75, 3.05) is 33.7 Å². The first-order valence-corrected chi connectivity index (χ1v) is 7.48. The van der Waals surface area contributed by atoms with Gasteiger partial charge in [-0.15, -0.1) is 0 Å². The number of rotatable bonds is 6. The summed E-state index contributed by atoms with van der Waals surface area (Å²) in [6.45, 7) is 6.23. The smallest absolute Gasteiger partial charge is 0.00472 e. The van der Waals surface area contributed by atoms with Gasteiger partial charge >= 0.3 is 0 Å². The van der Waals surface area contributed by atoms with Gasteiger partial charge in [0, 0.05) is 19.6 Å². The number of nitrogens with zero attached hydrogens (tertiary/aromatic N) is 1. The summed E-state index contributed by atoms with van der Waals surface area (Å²) in [4.78, 5) is 2.61. The van der Waals surface area contributed by atoms with Crippen molar-refractivity contribution in [2.24, 2.45) is 17.3 Å². The molecule has 0 saturated heterocycles. The molecular weight excluding hydrogens is 208 g/mol. The van der Waals surface area contributed by atoms with Gasteiger partial charge in [0.2, 0.25) is 0 Å². The van der Waals surface area contributed by atoms with Gasteiger partial charge < -0.3 is 10.2 Å². The predicted molar refractivity (Wildman–Crippen MR) is 74.2 cm³/mol. The minimum Gasteiger partial charge on any atom is -0.319 e. The molecule has 2 aliphatic carbocycles. The van der Waals surface area contributed by atoms with Crippen molar-refractivity contribution in [3.05, 3.63) is 0 Å². The highest BCUT2D eigenvalue weighted by molar-refractivity contribution is 4.90. The van der Waals surface area contributed by atoms with E-state index in [1.54, 1.807) is 0 Å². The zero-order valence-electron chi connectivity index (χ0n) is 12.0. The zero-order valence-corrected chi connectivity index (χ0v) is 12.0. The Labute approximate surface area is 107 Å². The van der Waals surface area contributed by atoms with E-state index in [-0.39, 0.29) is 0 Å². The molecule has 100 valence electrons. The molecule has 2 heteroatoms. The molecule has 1 N–H and O–H groups in total. The van der Waals surface area contributed by atoms with Crippen LogP contribution in [0.5, 0.6) is 0 Å². The van der Waals surface area contributed by atoms with Crippen molar-refractivity contribution >= 4 is 0 Å². The summed E-state index contributed by atoms with van der Waals surface area (Å²) in [5.41, 5.74) is 0.569. The molecule has 0 aromatic heterocycles. The lowest BCUT2D eigenvalue weighted by Gasteiger charge is -2.40. The van der Waals surface area contributed by atoms with E-state index in [1.807, 2.05) is 0 Å². The van der Waals surface area contributed by atoms with Crippen molar-refractivity contribution in [3.8, 4) is 0 Å². The average Bonchev–Trinajstić information content (AvgIpc) is 2.95. The fourth-order valence-corrected chi connectivity index (χ4v) is 3.76. The Hall–Kier alpha value is -0.0800. The molecule has 2 aliphatic rings. The maximum absolute atomic E-state index is 3.43. The first-order valence-electron chi connectivity index (χ1n) is 7.48. The van der Waals surface area contributed by atoms with Crippen molar-refractivity contribution in [2.45, 2.75) is 45.4 Å². The second-order valence-corrected chi connectivity index (χ2v) is 6.76. The van der Waals surface area contributed by atoms with E-state index in [0.29, 0.717) is 5.41 Å². The van der Waals surface area contributed by atoms with Crippen LogP contribution < -0.4 is 5.32 Å². The van der Waals surface area contributed by atoms with Crippen molar-refractivity contribution in [1.29, 1.82) is 0 Å². The second kappa shape index (κ2) is 5.71. The van der Waals surface area contributed by atoms with E-state index in [9.17, 15) is 0 Å². The predicted octanol–water partition coefficient (Wildman–Crippen LogP) is 2.74. The monoisotopic (exact) mass is 238 g/mol. The minimum atomic E-state index is 0.569. The van der Waals surface area contributed by atoms with E-state index in [4.69, 9.17) is 0 Å². The average molecular weight is 238 g/mol. The van der Waals surface area contributed by atoms with Crippen LogP contribution in [0, 0.1) is 17.3 Å². The Kier molecular flexibility index (Phi) is 4.48. The van der Waals surface area contributed by atoms with E-state index in [0.717, 1.165) is 11.8 Å². The van der Waals surface area contributed by atoms with Gasteiger partial charge in [-0.05, 0) is 50.6 Å². The number of hydrogen-bond acceptors (Lipinski definition) is 2. The Morgan fingerprint density at radius 1 is 1.24 bits per heavy atom. The molecule has 0 heterocycles. The van der Waals surface area contributed by atoms with Crippen LogP contribution in [-0.2, 0) is 0 Å². The van der Waals surface area contributed by atoms with Gasteiger partial charge in [0.25, 0.3) is 0 Å². The summed E-state index contributed by atoms with van der Waals surface area (Å²) in [5.74, 6) is 1.99. The highest BCUT2D eigenvalue weighted by Crippen LogP contribution is 2.40. The third-order valence-electron chi connectivity index (χ3n) is 4.89. The van der Waals surface area contributed by atoms with Crippen molar-refractivity contribution < 1.29 is 0 Å². The van der Waals surface area contributed by atoms with Crippen LogP contribution in [0.2, 0.25) is 0 Å². The molecule has 0 aliphatic heterocycles. The van der Waals surface area contributed by atoms with Gasteiger partial charge in [0.1, 0.15) is 0 Å². The molecule has 0 aromatic rings. The van der Waals surface area contributed by atoms with Crippen molar-refractivity contribution in [1.82, 2.24) is 10.2 Å². The molecule has 0 radical (unpaired) electrons. The molecule has 0 aromatic carbocycles. The molecule has 0 spiro atoms. The van der Waals surface area contributed by atoms with Gasteiger partial charge in [-0.3, -0.25) is 0 Å². The Balaban J connectivity index is 1.82. The van der Waals surface area contributed by atoms with Crippen LogP contribution in [0.25, 0.3) is 0 Å². The molecule has 2 saturated carbocycles. The van der Waals surface area contributed by atoms with E-state index in [1.165, 1.54) is 58.2 Å². The van der Waals surface area contributed by atoms with Gasteiger partial charge in [-0.2, -0.15) is 0 Å². The largest absolute Gasteiger partial charge is 0.319 e. The summed E-state index contributed by atoms with van der Waals surface area (Å²) in [6, 6.07) is 0. The normalized spacial score (nSPS) is 31.8. The van der Waals surface area contributed by atoms with Crippen LogP contribution in [0.1, 0.15) is 45.4 Å². The molecule has 2 unspecified atom stereocenters. The lowest BCUT2D eigenvalue weighted by Crippen LogP contribution is -2.44. The molecule has 17 heavy (non-hydrogen) atoms. The molecular formula is C15H30N2. The van der Waals surface area contributed by atoms with Gasteiger partial charge in [0.05, 0.1) is 0 Å². The number of nitrogens with one attached hydrogen (secondary N) is 1. The van der Waals surface area contributed by atoms with Gasteiger partial charge in [-0.25, -0.2) is 0 Å². The molecule has 0 amide bonds. The van der Waals surface area contributed by atoms with Gasteiger partial charge in [-0.1, -0.05) is 26.2 Å². The van der Waals surface area contributed by atoms with Gasteiger partial charge in [0.15, 0.2) is 0 Å². The van der Waals surface area contributed by atoms with Crippen LogP contribution in [0.4, 0.5) is 0 Å². The maximum Gasteiger partial charge on any atom is 0.00472 e. The summed E-state index contributed by atoms with van der Waals surface area (Å²) in [7, 11) is 4.44. The standard InChI is InChI=1S/C15H30N2/c1-13-9-14(13)10-17(3)12-15(11-16-2)7-5-4-6-8-15/h13-14,16H,4-12H2,1-3H3. The minimum absolute atomic E-state index is 0.569. The quantitative estimate of drug-likeness (QED) is 0.765. The topological polar surface area (TPSA) is 15.3 Å². The van der Waals surface area contributed by atoms with Crippen LogP contribution in [0.15, 0.2) is 0 Å². The van der Waals surface area contributed by atoms with Crippen LogP contribution >= 0.6 is 0 Å². The van der Waals surface area contributed by atoms with Crippen LogP contribution in [-0.4, -0.2) is 38.6 Å². The summed E-state index contributed by atoms with van der Waals surface area (Å²) in [5, 5.41) is 3.43.